The number of carbonyl (C=O) groups is 1. The van der Waals surface area contributed by atoms with Crippen molar-refractivity contribution < 1.29 is 25.2 Å². The van der Waals surface area contributed by atoms with Gasteiger partial charge in [0.25, 0.3) is 0 Å². The van der Waals surface area contributed by atoms with Gasteiger partial charge in [0.15, 0.2) is 5.78 Å². The maximum atomic E-state index is 9.68. The molecule has 0 aliphatic carbocycles. The molecule has 0 spiro atoms. The van der Waals surface area contributed by atoms with Crippen LogP contribution in [0.3, 0.4) is 0 Å². The van der Waals surface area contributed by atoms with Crippen molar-refractivity contribution in [1.29, 1.82) is 0 Å². The molecule has 0 fully saturated rings. The first-order valence-electron chi connectivity index (χ1n) is 3.10. The summed E-state index contributed by atoms with van der Waals surface area (Å²) in [5.41, 5.74) is 0. The molecule has 0 aliphatic rings. The zero-order valence-electron chi connectivity index (χ0n) is 6.40. The molecule has 68 valence electrons. The number of Topliss-reactive ketones (excluding diaryl/α,β-unsaturated/α-hetero) is 1. The zero-order valence-corrected chi connectivity index (χ0v) is 6.40. The van der Waals surface area contributed by atoms with Crippen LogP contribution in [0.1, 0.15) is 6.92 Å². The van der Waals surface area contributed by atoms with E-state index in [1.807, 2.05) is 0 Å². The molecule has 1 unspecified atom stereocenters. The lowest BCUT2D eigenvalue weighted by Crippen LogP contribution is -2.07. The lowest BCUT2D eigenvalue weighted by Gasteiger charge is -1.90. The quantitative estimate of drug-likeness (QED) is 0.385. The number of carbonyl (C=O) groups excluding carboxylic acids is 1. The Hall–Kier alpha value is -0.490. The zero-order chi connectivity index (χ0) is 9.28. The molecule has 0 bridgehead atoms. The van der Waals surface area contributed by atoms with Crippen LogP contribution < -0.4 is 0 Å². The molecule has 0 saturated carbocycles. The fourth-order valence-corrected chi connectivity index (χ4v) is 0.0500. The monoisotopic (exact) mass is 166 g/mol. The summed E-state index contributed by atoms with van der Waals surface area (Å²) >= 11 is 0. The summed E-state index contributed by atoms with van der Waals surface area (Å²) in [6, 6.07) is 0. The first-order valence-corrected chi connectivity index (χ1v) is 3.10. The van der Waals surface area contributed by atoms with Gasteiger partial charge in [-0.1, -0.05) is 0 Å². The third kappa shape index (κ3) is 17.7. The van der Waals surface area contributed by atoms with Crippen LogP contribution in [0.4, 0.5) is 0 Å². The van der Waals surface area contributed by atoms with Crippen molar-refractivity contribution in [1.82, 2.24) is 0 Å². The van der Waals surface area contributed by atoms with Crippen LogP contribution in [-0.2, 0) is 4.79 Å². The smallest absolute Gasteiger partial charge is 0.183 e. The van der Waals surface area contributed by atoms with Crippen molar-refractivity contribution in [2.45, 2.75) is 13.0 Å². The van der Waals surface area contributed by atoms with Crippen molar-refractivity contribution in [3.8, 4) is 0 Å². The SMILES string of the molecule is CC(O)CO.O=C(CO)CO. The third-order valence-corrected chi connectivity index (χ3v) is 0.617. The molecule has 5 heteroatoms. The molecule has 0 saturated heterocycles. The number of rotatable bonds is 3. The number of ketones is 1. The van der Waals surface area contributed by atoms with E-state index in [-0.39, 0.29) is 6.61 Å². The van der Waals surface area contributed by atoms with Gasteiger partial charge in [0, 0.05) is 0 Å². The van der Waals surface area contributed by atoms with Gasteiger partial charge in [-0.3, -0.25) is 4.79 Å². The van der Waals surface area contributed by atoms with Gasteiger partial charge < -0.3 is 20.4 Å². The van der Waals surface area contributed by atoms with Gasteiger partial charge in [0.2, 0.25) is 0 Å². The predicted octanol–water partition coefficient (Wildman–Crippen LogP) is -2.10. The number of aliphatic hydroxyl groups excluding tert-OH is 4. The largest absolute Gasteiger partial charge is 0.394 e. The third-order valence-electron chi connectivity index (χ3n) is 0.617. The van der Waals surface area contributed by atoms with Crippen molar-refractivity contribution >= 4 is 5.78 Å². The van der Waals surface area contributed by atoms with Crippen molar-refractivity contribution in [3.05, 3.63) is 0 Å². The summed E-state index contributed by atoms with van der Waals surface area (Å²) in [6.07, 6.45) is -0.560. The lowest BCUT2D eigenvalue weighted by atomic mass is 10.5. The fourth-order valence-electron chi connectivity index (χ4n) is 0.0500. The highest BCUT2D eigenvalue weighted by atomic mass is 16.3. The molecule has 0 heterocycles. The number of hydrogen-bond donors (Lipinski definition) is 4. The molecule has 4 N–H and O–H groups in total. The van der Waals surface area contributed by atoms with E-state index >= 15 is 0 Å². The summed E-state index contributed by atoms with van der Waals surface area (Å²) in [5.74, 6) is -0.546. The molecule has 0 aromatic carbocycles. The summed E-state index contributed by atoms with van der Waals surface area (Å²) in [6.45, 7) is 0.271. The van der Waals surface area contributed by atoms with Crippen LogP contribution >= 0.6 is 0 Å². The normalized spacial score (nSPS) is 11.4. The molecule has 0 radical (unpaired) electrons. The molecule has 5 nitrogen and oxygen atoms in total. The van der Waals surface area contributed by atoms with Gasteiger partial charge >= 0.3 is 0 Å². The average molecular weight is 166 g/mol. The van der Waals surface area contributed by atoms with E-state index in [4.69, 9.17) is 20.4 Å². The molecule has 11 heavy (non-hydrogen) atoms. The van der Waals surface area contributed by atoms with Crippen LogP contribution in [0, 0.1) is 0 Å². The van der Waals surface area contributed by atoms with E-state index in [0.717, 1.165) is 0 Å². The summed E-state index contributed by atoms with van der Waals surface area (Å²) in [4.78, 5) is 9.68. The number of aliphatic hydroxyl groups is 4. The highest BCUT2D eigenvalue weighted by Gasteiger charge is 1.90. The van der Waals surface area contributed by atoms with Crippen LogP contribution in [0.25, 0.3) is 0 Å². The fraction of sp³-hybridized carbons (Fsp3) is 0.833. The van der Waals surface area contributed by atoms with E-state index in [9.17, 15) is 4.79 Å². The van der Waals surface area contributed by atoms with Gasteiger partial charge in [0.05, 0.1) is 12.7 Å². The Kier molecular flexibility index (Phi) is 11.3. The minimum atomic E-state index is -0.560. The Bertz CT molecular complexity index is 85.0. The van der Waals surface area contributed by atoms with E-state index in [1.165, 1.54) is 6.92 Å². The minimum Gasteiger partial charge on any atom is -0.394 e. The first-order chi connectivity index (χ1) is 5.08. The highest BCUT2D eigenvalue weighted by molar-refractivity contribution is 5.80. The van der Waals surface area contributed by atoms with Crippen LogP contribution in [0.5, 0.6) is 0 Å². The van der Waals surface area contributed by atoms with Gasteiger partial charge in [-0.25, -0.2) is 0 Å². The molecule has 0 amide bonds. The van der Waals surface area contributed by atoms with Crippen molar-refractivity contribution in [2.24, 2.45) is 0 Å². The minimum absolute atomic E-state index is 0.139. The van der Waals surface area contributed by atoms with Crippen LogP contribution in [-0.4, -0.2) is 52.1 Å². The van der Waals surface area contributed by atoms with Gasteiger partial charge in [-0.2, -0.15) is 0 Å². The Labute approximate surface area is 64.9 Å². The van der Waals surface area contributed by atoms with E-state index in [0.29, 0.717) is 0 Å². The van der Waals surface area contributed by atoms with Gasteiger partial charge in [-0.05, 0) is 6.92 Å². The standard InChI is InChI=1S/C3H6O3.C3H8O2/c4-1-3(6)2-5;1-3(5)2-4/h4-5H,1-2H2;3-5H,2H2,1H3. The predicted molar refractivity (Wildman–Crippen MR) is 37.9 cm³/mol. The molecular formula is C6H14O5. The molecule has 0 aliphatic heterocycles. The maximum absolute atomic E-state index is 9.68. The van der Waals surface area contributed by atoms with Gasteiger partial charge in [0.1, 0.15) is 13.2 Å². The van der Waals surface area contributed by atoms with E-state index in [2.05, 4.69) is 0 Å². The molecule has 0 rings (SSSR count). The van der Waals surface area contributed by atoms with E-state index in [1.54, 1.807) is 0 Å². The average Bonchev–Trinajstić information content (AvgIpc) is 2.04. The Morgan fingerprint density at radius 2 is 1.55 bits per heavy atom. The maximum Gasteiger partial charge on any atom is 0.183 e. The second kappa shape index (κ2) is 9.51. The lowest BCUT2D eigenvalue weighted by molar-refractivity contribution is -0.124. The Morgan fingerprint density at radius 3 is 1.55 bits per heavy atom. The summed E-state index contributed by atoms with van der Waals surface area (Å²) in [5, 5.41) is 31.7. The van der Waals surface area contributed by atoms with E-state index < -0.39 is 25.1 Å². The molecule has 1 atom stereocenters. The van der Waals surface area contributed by atoms with Crippen LogP contribution in [0.2, 0.25) is 0 Å². The van der Waals surface area contributed by atoms with Crippen LogP contribution in [0.15, 0.2) is 0 Å². The Morgan fingerprint density at radius 1 is 1.27 bits per heavy atom. The van der Waals surface area contributed by atoms with Crippen molar-refractivity contribution in [3.63, 3.8) is 0 Å². The summed E-state index contributed by atoms with van der Waals surface area (Å²) in [7, 11) is 0. The topological polar surface area (TPSA) is 98.0 Å². The molecular weight excluding hydrogens is 152 g/mol. The molecule has 0 aromatic rings. The molecule has 0 aromatic heterocycles. The second-order valence-electron chi connectivity index (χ2n) is 1.89. The highest BCUT2D eigenvalue weighted by Crippen LogP contribution is 1.68. The number of hydrogen-bond acceptors (Lipinski definition) is 5. The Balaban J connectivity index is 0. The van der Waals surface area contributed by atoms with Gasteiger partial charge in [-0.15, -0.1) is 0 Å². The summed E-state index contributed by atoms with van der Waals surface area (Å²) < 4.78 is 0. The first kappa shape index (κ1) is 13.1. The second-order valence-corrected chi connectivity index (χ2v) is 1.89. The van der Waals surface area contributed by atoms with Crippen molar-refractivity contribution in [2.75, 3.05) is 19.8 Å².